The van der Waals surface area contributed by atoms with Gasteiger partial charge in [-0.25, -0.2) is 0 Å². The van der Waals surface area contributed by atoms with Crippen molar-refractivity contribution in [3.63, 3.8) is 0 Å². The molecule has 1 aliphatic heterocycles. The number of benzene rings is 6. The standard InChI is InChI=1S/C38H42N3Si3/c1-39(2)30-21-9-15-27-17-11-23-32(36(27)30)42-33-24-12-18-29-20-14-26-35(38(29)33)44(42,41(5)6)43(7,8)34-25-13-19-28-16-10-22-31(37(28)34)40(3)4/h9-26H,1-8H3. The summed E-state index contributed by atoms with van der Waals surface area (Å²) in [5, 5.41) is 14.9. The van der Waals surface area contributed by atoms with Crippen LogP contribution < -0.4 is 30.5 Å². The highest BCUT2D eigenvalue weighted by Gasteiger charge is 2.64. The largest absolute Gasteiger partial charge is 0.377 e. The molecular weight excluding hydrogens is 583 g/mol. The van der Waals surface area contributed by atoms with Gasteiger partial charge in [0.2, 0.25) is 0 Å². The first-order valence-electron chi connectivity index (χ1n) is 15.6. The summed E-state index contributed by atoms with van der Waals surface area (Å²) in [4.78, 5) is 4.62. The van der Waals surface area contributed by atoms with Gasteiger partial charge in [-0.05, 0) is 63.3 Å². The van der Waals surface area contributed by atoms with Crippen LogP contribution in [0.3, 0.4) is 0 Å². The lowest BCUT2D eigenvalue weighted by atomic mass is 10.1. The van der Waals surface area contributed by atoms with Gasteiger partial charge in [-0.15, -0.1) is 0 Å². The molecule has 6 heteroatoms. The van der Waals surface area contributed by atoms with Crippen molar-refractivity contribution in [1.82, 2.24) is 4.57 Å². The highest BCUT2D eigenvalue weighted by molar-refractivity contribution is 7.76. The molecule has 1 unspecified atom stereocenters. The molecule has 0 aliphatic carbocycles. The molecule has 3 nitrogen and oxygen atoms in total. The van der Waals surface area contributed by atoms with Crippen molar-refractivity contribution in [1.29, 1.82) is 0 Å². The topological polar surface area (TPSA) is 9.72 Å². The predicted octanol–water partition coefficient (Wildman–Crippen LogP) is 5.39. The van der Waals surface area contributed by atoms with Gasteiger partial charge in [0.05, 0.1) is 7.59 Å². The first-order chi connectivity index (χ1) is 21.1. The summed E-state index contributed by atoms with van der Waals surface area (Å²) in [6, 6.07) is 42.3. The number of fused-ring (bicyclic) bond motifs is 2. The molecule has 0 saturated heterocycles. The van der Waals surface area contributed by atoms with Crippen LogP contribution in [0.1, 0.15) is 0 Å². The fraction of sp³-hybridized carbons (Fsp3) is 0.211. The number of nitrogens with zero attached hydrogens (tertiary/aromatic N) is 3. The Labute approximate surface area is 265 Å². The molecular formula is C38H42N3Si3. The minimum absolute atomic E-state index is 1.29. The second-order valence-corrected chi connectivity index (χ2v) is 33.0. The van der Waals surface area contributed by atoms with Crippen LogP contribution >= 0.6 is 0 Å². The van der Waals surface area contributed by atoms with E-state index in [1.165, 1.54) is 43.7 Å². The fourth-order valence-electron chi connectivity index (χ4n) is 8.50. The predicted molar refractivity (Wildman–Crippen MR) is 202 cm³/mol. The molecule has 1 atom stereocenters. The van der Waals surface area contributed by atoms with Crippen molar-refractivity contribution in [2.24, 2.45) is 0 Å². The third-order valence-electron chi connectivity index (χ3n) is 10.2. The van der Waals surface area contributed by atoms with Gasteiger partial charge in [-0.2, -0.15) is 0 Å². The fourth-order valence-corrected chi connectivity index (χ4v) is 43.0. The molecule has 44 heavy (non-hydrogen) atoms. The third kappa shape index (κ3) is 3.88. The number of hydrogen-bond donors (Lipinski definition) is 0. The SMILES string of the molecule is CN(C)c1cccc2cccc([Si]3c4cccc5cccc(c45)[Si]3(N(C)C)[Si](C)(C)c3cccc4cccc(N(C)C)c34)c12. The number of rotatable bonds is 6. The summed E-state index contributed by atoms with van der Waals surface area (Å²) >= 11 is 0. The zero-order valence-corrected chi connectivity index (χ0v) is 30.2. The van der Waals surface area contributed by atoms with Crippen LogP contribution in [-0.4, -0.2) is 70.0 Å². The van der Waals surface area contributed by atoms with Crippen molar-refractivity contribution in [3.8, 4) is 0 Å². The van der Waals surface area contributed by atoms with Crippen LogP contribution in [0, 0.1) is 0 Å². The monoisotopic (exact) mass is 624 g/mol. The molecule has 0 bridgehead atoms. The van der Waals surface area contributed by atoms with Crippen LogP contribution in [0.4, 0.5) is 11.4 Å². The van der Waals surface area contributed by atoms with E-state index in [0.717, 1.165) is 0 Å². The van der Waals surface area contributed by atoms with Crippen LogP contribution in [0.15, 0.2) is 109 Å². The minimum Gasteiger partial charge on any atom is -0.377 e. The molecule has 0 fully saturated rings. The summed E-state index contributed by atoms with van der Waals surface area (Å²) < 4.78 is 2.79. The molecule has 221 valence electrons. The van der Waals surface area contributed by atoms with Crippen LogP contribution in [0.25, 0.3) is 32.3 Å². The van der Waals surface area contributed by atoms with Crippen LogP contribution in [0.5, 0.6) is 0 Å². The maximum absolute atomic E-state index is 2.79. The Kier molecular flexibility index (Phi) is 6.90. The average Bonchev–Trinajstić information content (AvgIpc) is 3.33. The van der Waals surface area contributed by atoms with Crippen molar-refractivity contribution < 1.29 is 0 Å². The Bertz CT molecular complexity index is 2050. The average molecular weight is 625 g/mol. The highest BCUT2D eigenvalue weighted by atomic mass is 29.6. The lowest BCUT2D eigenvalue weighted by Gasteiger charge is -2.51. The van der Waals surface area contributed by atoms with E-state index in [0.29, 0.717) is 0 Å². The normalized spacial score (nSPS) is 16.8. The number of hydrogen-bond acceptors (Lipinski definition) is 3. The van der Waals surface area contributed by atoms with E-state index in [2.05, 4.69) is 179 Å². The molecule has 0 aromatic heterocycles. The van der Waals surface area contributed by atoms with E-state index >= 15 is 0 Å². The second-order valence-electron chi connectivity index (χ2n) is 13.5. The van der Waals surface area contributed by atoms with Crippen molar-refractivity contribution in [2.45, 2.75) is 13.1 Å². The molecule has 0 spiro atoms. The zero-order chi connectivity index (χ0) is 31.0. The Hall–Kier alpha value is -3.69. The van der Waals surface area contributed by atoms with E-state index in [4.69, 9.17) is 0 Å². The molecule has 0 saturated carbocycles. The molecule has 6 aromatic carbocycles. The Morgan fingerprint density at radius 3 is 1.48 bits per heavy atom. The van der Waals surface area contributed by atoms with E-state index < -0.39 is 23.2 Å². The van der Waals surface area contributed by atoms with Crippen molar-refractivity contribution in [3.05, 3.63) is 109 Å². The van der Waals surface area contributed by atoms with Gasteiger partial charge in [-0.3, -0.25) is 0 Å². The van der Waals surface area contributed by atoms with Gasteiger partial charge in [0.1, 0.15) is 8.31 Å². The van der Waals surface area contributed by atoms with Gasteiger partial charge >= 0.3 is 0 Å². The minimum atomic E-state index is -2.47. The van der Waals surface area contributed by atoms with Crippen molar-refractivity contribution in [2.75, 3.05) is 52.1 Å². The Morgan fingerprint density at radius 1 is 0.500 bits per heavy atom. The summed E-state index contributed by atoms with van der Waals surface area (Å²) in [6.45, 7) is 5.43. The summed E-state index contributed by atoms with van der Waals surface area (Å²) in [5.74, 6) is 0. The van der Waals surface area contributed by atoms with E-state index in [-0.39, 0.29) is 0 Å². The second kappa shape index (κ2) is 10.4. The van der Waals surface area contributed by atoms with Gasteiger partial charge in [0.25, 0.3) is 0 Å². The molecule has 0 amide bonds. The van der Waals surface area contributed by atoms with E-state index in [9.17, 15) is 0 Å². The smallest absolute Gasteiger partial charge is 0.153 e. The first kappa shape index (κ1) is 29.0. The zero-order valence-electron chi connectivity index (χ0n) is 27.2. The van der Waals surface area contributed by atoms with Gasteiger partial charge < -0.3 is 14.4 Å². The lowest BCUT2D eigenvalue weighted by Crippen LogP contribution is -2.87. The molecule has 1 aliphatic rings. The quantitative estimate of drug-likeness (QED) is 0.230. The molecule has 0 N–H and O–H groups in total. The number of anilines is 2. The lowest BCUT2D eigenvalue weighted by molar-refractivity contribution is 0.653. The van der Waals surface area contributed by atoms with Crippen LogP contribution in [0.2, 0.25) is 13.1 Å². The molecule has 1 heterocycles. The van der Waals surface area contributed by atoms with E-state index in [1.807, 2.05) is 0 Å². The van der Waals surface area contributed by atoms with Gasteiger partial charge in [0.15, 0.2) is 7.27 Å². The van der Waals surface area contributed by atoms with Gasteiger partial charge in [-0.1, -0.05) is 115 Å². The summed E-state index contributed by atoms with van der Waals surface area (Å²) in [5.41, 5.74) is 2.64. The molecule has 7 rings (SSSR count). The van der Waals surface area contributed by atoms with E-state index in [1.54, 1.807) is 20.7 Å². The highest BCUT2D eigenvalue weighted by Crippen LogP contribution is 2.37. The Morgan fingerprint density at radius 2 is 0.932 bits per heavy atom. The summed E-state index contributed by atoms with van der Waals surface area (Å²) in [6.07, 6.45) is 0. The third-order valence-corrected chi connectivity index (χ3v) is 41.1. The maximum atomic E-state index is 2.79. The van der Waals surface area contributed by atoms with Crippen molar-refractivity contribution >= 4 is 87.6 Å². The summed E-state index contributed by atoms with van der Waals surface area (Å²) in [7, 11) is 7.58. The Balaban J connectivity index is 1.66. The maximum Gasteiger partial charge on any atom is 0.153 e. The van der Waals surface area contributed by atoms with Crippen LogP contribution in [-0.2, 0) is 0 Å². The molecule has 1 radical (unpaired) electrons. The molecule has 6 aromatic rings. The van der Waals surface area contributed by atoms with Gasteiger partial charge in [0, 0.05) is 50.3 Å². The first-order valence-corrected chi connectivity index (χ1v) is 24.0.